The first-order valence-corrected chi connectivity index (χ1v) is 6.76. The lowest BCUT2D eigenvalue weighted by molar-refractivity contribution is 0.371. The van der Waals surface area contributed by atoms with Crippen molar-refractivity contribution in [3.8, 4) is 0 Å². The zero-order valence-electron chi connectivity index (χ0n) is 9.41. The van der Waals surface area contributed by atoms with Gasteiger partial charge in [-0.3, -0.25) is 0 Å². The van der Waals surface area contributed by atoms with Gasteiger partial charge in [-0.15, -0.1) is 0 Å². The number of halogens is 1. The second-order valence-electron chi connectivity index (χ2n) is 4.20. The number of rotatable bonds is 3. The largest absolute Gasteiger partial charge is 0.366 e. The lowest BCUT2D eigenvalue weighted by atomic mass is 9.91. The normalized spacial score (nSPS) is 25.4. The fourth-order valence-electron chi connectivity index (χ4n) is 2.14. The van der Waals surface area contributed by atoms with Crippen molar-refractivity contribution in [2.75, 3.05) is 12.4 Å². The number of aromatic nitrogens is 2. The van der Waals surface area contributed by atoms with E-state index in [1.807, 2.05) is 13.2 Å². The monoisotopic (exact) mass is 332 g/mol. The van der Waals surface area contributed by atoms with Crippen LogP contribution in [0.25, 0.3) is 0 Å². The molecule has 1 saturated carbocycles. The van der Waals surface area contributed by atoms with Crippen LogP contribution < -0.4 is 10.6 Å². The molecule has 0 bridgehead atoms. The van der Waals surface area contributed by atoms with E-state index in [1.165, 1.54) is 25.7 Å². The third-order valence-corrected chi connectivity index (χ3v) is 3.93. The maximum atomic E-state index is 4.27. The summed E-state index contributed by atoms with van der Waals surface area (Å²) in [4.78, 5) is 8.26. The first kappa shape index (κ1) is 12.0. The molecule has 0 aromatic carbocycles. The molecule has 0 radical (unpaired) electrons. The van der Waals surface area contributed by atoms with Crippen molar-refractivity contribution in [2.45, 2.75) is 37.8 Å². The molecule has 1 aromatic rings. The molecule has 1 fully saturated rings. The van der Waals surface area contributed by atoms with Gasteiger partial charge in [-0.2, -0.15) is 0 Å². The predicted molar refractivity (Wildman–Crippen MR) is 73.5 cm³/mol. The molecule has 0 unspecified atom stereocenters. The highest BCUT2D eigenvalue weighted by Gasteiger charge is 2.20. The maximum Gasteiger partial charge on any atom is 0.143 e. The first-order valence-electron chi connectivity index (χ1n) is 5.69. The smallest absolute Gasteiger partial charge is 0.143 e. The Morgan fingerprint density at radius 3 is 2.56 bits per heavy atom. The van der Waals surface area contributed by atoms with E-state index in [4.69, 9.17) is 0 Å². The van der Waals surface area contributed by atoms with Gasteiger partial charge in [-0.05, 0) is 55.3 Å². The second kappa shape index (κ2) is 5.77. The summed E-state index contributed by atoms with van der Waals surface area (Å²) in [7, 11) is 2.05. The Kier molecular flexibility index (Phi) is 4.34. The lowest BCUT2D eigenvalue weighted by Crippen LogP contribution is -2.35. The summed E-state index contributed by atoms with van der Waals surface area (Å²) in [5.41, 5.74) is 0. The van der Waals surface area contributed by atoms with Crippen LogP contribution >= 0.6 is 22.6 Å². The Bertz CT molecular complexity index is 337. The van der Waals surface area contributed by atoms with Crippen molar-refractivity contribution in [3.63, 3.8) is 0 Å². The van der Waals surface area contributed by atoms with Gasteiger partial charge in [0.2, 0.25) is 0 Å². The third kappa shape index (κ3) is 3.04. The van der Waals surface area contributed by atoms with Crippen molar-refractivity contribution in [1.29, 1.82) is 0 Å². The Labute approximate surface area is 110 Å². The van der Waals surface area contributed by atoms with Crippen molar-refractivity contribution < 1.29 is 0 Å². The number of hydrogen-bond donors (Lipinski definition) is 2. The van der Waals surface area contributed by atoms with Gasteiger partial charge >= 0.3 is 0 Å². The summed E-state index contributed by atoms with van der Waals surface area (Å²) in [5.74, 6) is 0.975. The van der Waals surface area contributed by atoms with E-state index in [2.05, 4.69) is 43.2 Å². The lowest BCUT2D eigenvalue weighted by Gasteiger charge is -2.29. The van der Waals surface area contributed by atoms with Gasteiger partial charge in [0.25, 0.3) is 0 Å². The van der Waals surface area contributed by atoms with Gasteiger partial charge in [-0.1, -0.05) is 0 Å². The molecule has 88 valence electrons. The highest BCUT2D eigenvalue weighted by Crippen LogP contribution is 2.22. The maximum absolute atomic E-state index is 4.27. The summed E-state index contributed by atoms with van der Waals surface area (Å²) in [5, 5.41) is 6.85. The van der Waals surface area contributed by atoms with Crippen LogP contribution in [0.4, 0.5) is 5.82 Å². The minimum absolute atomic E-state index is 0.563. The van der Waals surface area contributed by atoms with Crippen LogP contribution in [0.1, 0.15) is 25.7 Å². The first-order chi connectivity index (χ1) is 7.79. The minimum Gasteiger partial charge on any atom is -0.366 e. The van der Waals surface area contributed by atoms with E-state index in [0.717, 1.165) is 9.39 Å². The molecule has 16 heavy (non-hydrogen) atoms. The van der Waals surface area contributed by atoms with Crippen LogP contribution in [0.15, 0.2) is 12.5 Å². The van der Waals surface area contributed by atoms with Crippen LogP contribution in [0, 0.1) is 3.57 Å². The molecule has 1 aliphatic carbocycles. The van der Waals surface area contributed by atoms with E-state index < -0.39 is 0 Å². The van der Waals surface area contributed by atoms with Gasteiger partial charge in [0.1, 0.15) is 12.1 Å². The topological polar surface area (TPSA) is 49.8 Å². The molecule has 1 aliphatic rings. The number of nitrogens with zero attached hydrogens (tertiary/aromatic N) is 2. The molecule has 1 heterocycles. The van der Waals surface area contributed by atoms with Gasteiger partial charge in [0, 0.05) is 18.3 Å². The Hall–Kier alpha value is -0.430. The van der Waals surface area contributed by atoms with Gasteiger partial charge in [0.15, 0.2) is 0 Å². The Morgan fingerprint density at radius 1 is 1.25 bits per heavy atom. The zero-order chi connectivity index (χ0) is 11.4. The van der Waals surface area contributed by atoms with Crippen LogP contribution in [-0.2, 0) is 0 Å². The molecule has 0 atom stereocenters. The van der Waals surface area contributed by atoms with E-state index >= 15 is 0 Å². The Morgan fingerprint density at radius 2 is 1.94 bits per heavy atom. The van der Waals surface area contributed by atoms with Crippen LogP contribution in [0.5, 0.6) is 0 Å². The number of anilines is 1. The minimum atomic E-state index is 0.563. The van der Waals surface area contributed by atoms with Gasteiger partial charge in [0.05, 0.1) is 3.57 Å². The fourth-order valence-corrected chi connectivity index (χ4v) is 2.59. The molecule has 4 nitrogen and oxygen atoms in total. The summed E-state index contributed by atoms with van der Waals surface area (Å²) >= 11 is 2.27. The average Bonchev–Trinajstić information content (AvgIpc) is 2.33. The van der Waals surface area contributed by atoms with Crippen molar-refractivity contribution in [2.24, 2.45) is 0 Å². The van der Waals surface area contributed by atoms with E-state index in [-0.39, 0.29) is 0 Å². The molecule has 0 spiro atoms. The summed E-state index contributed by atoms with van der Waals surface area (Å²) in [6, 6.07) is 1.26. The van der Waals surface area contributed by atoms with Gasteiger partial charge < -0.3 is 10.6 Å². The Balaban J connectivity index is 1.89. The average molecular weight is 332 g/mol. The molecule has 2 N–H and O–H groups in total. The van der Waals surface area contributed by atoms with Crippen LogP contribution in [0.2, 0.25) is 0 Å². The molecular weight excluding hydrogens is 315 g/mol. The zero-order valence-corrected chi connectivity index (χ0v) is 11.6. The van der Waals surface area contributed by atoms with Crippen molar-refractivity contribution in [3.05, 3.63) is 16.1 Å². The molecule has 0 aliphatic heterocycles. The molecule has 1 aromatic heterocycles. The van der Waals surface area contributed by atoms with E-state index in [9.17, 15) is 0 Å². The number of nitrogens with one attached hydrogen (secondary N) is 2. The standard InChI is InChI=1S/C11H17IN4/c1-13-8-2-4-9(5-3-8)16-11-10(12)6-14-7-15-11/h6-9,13H,2-5H2,1H3,(H,14,15,16). The third-order valence-electron chi connectivity index (χ3n) is 3.14. The van der Waals surface area contributed by atoms with Gasteiger partial charge in [-0.25, -0.2) is 9.97 Å². The highest BCUT2D eigenvalue weighted by molar-refractivity contribution is 14.1. The summed E-state index contributed by atoms with van der Waals surface area (Å²) in [6.45, 7) is 0. The van der Waals surface area contributed by atoms with Crippen molar-refractivity contribution in [1.82, 2.24) is 15.3 Å². The summed E-state index contributed by atoms with van der Waals surface area (Å²) < 4.78 is 1.09. The predicted octanol–water partition coefficient (Wildman–Crippen LogP) is 2.02. The quantitative estimate of drug-likeness (QED) is 0.832. The molecule has 5 heteroatoms. The second-order valence-corrected chi connectivity index (χ2v) is 5.36. The summed E-state index contributed by atoms with van der Waals surface area (Å²) in [6.07, 6.45) is 8.36. The molecule has 0 amide bonds. The highest BCUT2D eigenvalue weighted by atomic mass is 127. The van der Waals surface area contributed by atoms with Crippen LogP contribution in [-0.4, -0.2) is 29.1 Å². The van der Waals surface area contributed by atoms with E-state index in [1.54, 1.807) is 6.33 Å². The molecular formula is C11H17IN4. The molecule has 0 saturated heterocycles. The van der Waals surface area contributed by atoms with Crippen molar-refractivity contribution >= 4 is 28.4 Å². The van der Waals surface area contributed by atoms with E-state index in [0.29, 0.717) is 12.1 Å². The fraction of sp³-hybridized carbons (Fsp3) is 0.636. The van der Waals surface area contributed by atoms with Crippen LogP contribution in [0.3, 0.4) is 0 Å². The molecule has 2 rings (SSSR count). The SMILES string of the molecule is CNC1CCC(Nc2ncncc2I)CC1. The number of hydrogen-bond acceptors (Lipinski definition) is 4.